The minimum absolute atomic E-state index is 0.0727. The maximum absolute atomic E-state index is 12.3. The van der Waals surface area contributed by atoms with Gasteiger partial charge in [0, 0.05) is 0 Å². The van der Waals surface area contributed by atoms with Crippen LogP contribution >= 0.6 is 15.9 Å². The molecule has 0 saturated heterocycles. The predicted molar refractivity (Wildman–Crippen MR) is 63.3 cm³/mol. The molecule has 0 bridgehead atoms. The van der Waals surface area contributed by atoms with Crippen LogP contribution in [-0.2, 0) is 9.59 Å². The van der Waals surface area contributed by atoms with Crippen molar-refractivity contribution in [3.63, 3.8) is 0 Å². The molecule has 1 N–H and O–H groups in total. The maximum Gasteiger partial charge on any atom is 0.315 e. The highest BCUT2D eigenvalue weighted by Gasteiger charge is 2.43. The molecule has 1 saturated carbocycles. The normalized spacial score (nSPS) is 29.1. The highest BCUT2D eigenvalue weighted by molar-refractivity contribution is 9.09. The molecule has 1 fully saturated rings. The molecule has 1 aliphatic rings. The number of alkyl halides is 3. The molecule has 17 heavy (non-hydrogen) atoms. The lowest BCUT2D eigenvalue weighted by Crippen LogP contribution is -2.58. The summed E-state index contributed by atoms with van der Waals surface area (Å²) in [4.78, 5) is 23.0. The van der Waals surface area contributed by atoms with E-state index >= 15 is 0 Å². The summed E-state index contributed by atoms with van der Waals surface area (Å²) in [6.45, 7) is 1.96. The van der Waals surface area contributed by atoms with Crippen LogP contribution in [0.3, 0.4) is 0 Å². The summed E-state index contributed by atoms with van der Waals surface area (Å²) in [6, 6.07) is 0. The van der Waals surface area contributed by atoms with Gasteiger partial charge >= 0.3 is 6.43 Å². The molecule has 3 nitrogen and oxygen atoms in total. The van der Waals surface area contributed by atoms with E-state index < -0.39 is 17.9 Å². The fourth-order valence-corrected chi connectivity index (χ4v) is 2.94. The van der Waals surface area contributed by atoms with Crippen LogP contribution in [0.2, 0.25) is 0 Å². The Labute approximate surface area is 107 Å². The number of Topliss-reactive ketones (excluding diaryl/α,β-unsaturated/α-hetero) is 1. The van der Waals surface area contributed by atoms with E-state index in [9.17, 15) is 18.4 Å². The third-order valence-electron chi connectivity index (χ3n) is 3.21. The number of amides is 1. The second-order valence-electron chi connectivity index (χ2n) is 4.63. The molecule has 2 unspecified atom stereocenters. The topological polar surface area (TPSA) is 46.2 Å². The van der Waals surface area contributed by atoms with Crippen LogP contribution in [0.5, 0.6) is 0 Å². The van der Waals surface area contributed by atoms with Gasteiger partial charge in [-0.25, -0.2) is 0 Å². The molecule has 1 rings (SSSR count). The Balaban J connectivity index is 2.86. The molecule has 6 heteroatoms. The average molecular weight is 312 g/mol. The smallest absolute Gasteiger partial charge is 0.315 e. The minimum atomic E-state index is -3.08. The van der Waals surface area contributed by atoms with Crippen LogP contribution in [0.25, 0.3) is 0 Å². The second-order valence-corrected chi connectivity index (χ2v) is 5.19. The Morgan fingerprint density at radius 3 is 2.65 bits per heavy atom. The van der Waals surface area contributed by atoms with Gasteiger partial charge in [0.05, 0.1) is 10.9 Å². The Morgan fingerprint density at radius 1 is 1.53 bits per heavy atom. The van der Waals surface area contributed by atoms with Crippen molar-refractivity contribution in [2.45, 2.75) is 44.6 Å². The lowest BCUT2D eigenvalue weighted by atomic mass is 9.74. The summed E-state index contributed by atoms with van der Waals surface area (Å²) in [6.07, 6.45) is -0.464. The predicted octanol–water partition coefficient (Wildman–Crippen LogP) is 2.28. The quantitative estimate of drug-likeness (QED) is 0.810. The van der Waals surface area contributed by atoms with Gasteiger partial charge in [-0.2, -0.15) is 8.78 Å². The zero-order valence-electron chi connectivity index (χ0n) is 9.64. The second kappa shape index (κ2) is 5.89. The van der Waals surface area contributed by atoms with Crippen LogP contribution in [0.4, 0.5) is 8.78 Å². The van der Waals surface area contributed by atoms with Crippen molar-refractivity contribution in [2.24, 2.45) is 5.92 Å². The fourth-order valence-electron chi connectivity index (χ4n) is 2.41. The number of halogens is 3. The summed E-state index contributed by atoms with van der Waals surface area (Å²) in [5.74, 6) is -1.32. The third-order valence-corrected chi connectivity index (χ3v) is 3.72. The van der Waals surface area contributed by atoms with Gasteiger partial charge in [-0.1, -0.05) is 35.7 Å². The first-order valence-electron chi connectivity index (χ1n) is 5.61. The van der Waals surface area contributed by atoms with Gasteiger partial charge in [0.1, 0.15) is 0 Å². The average Bonchev–Trinajstić information content (AvgIpc) is 2.27. The zero-order valence-corrected chi connectivity index (χ0v) is 11.2. The maximum atomic E-state index is 12.3. The van der Waals surface area contributed by atoms with Crippen LogP contribution in [0.15, 0.2) is 0 Å². The summed E-state index contributed by atoms with van der Waals surface area (Å²) in [5.41, 5.74) is -1.10. The molecule has 0 aliphatic heterocycles. The number of carbonyl (C=O) groups is 2. The van der Waals surface area contributed by atoms with Crippen molar-refractivity contribution < 1.29 is 18.4 Å². The van der Waals surface area contributed by atoms with Crippen LogP contribution in [0, 0.1) is 5.92 Å². The van der Waals surface area contributed by atoms with Gasteiger partial charge in [-0.05, 0) is 18.8 Å². The van der Waals surface area contributed by atoms with Crippen molar-refractivity contribution in [3.8, 4) is 0 Å². The van der Waals surface area contributed by atoms with Gasteiger partial charge in [0.2, 0.25) is 0 Å². The Morgan fingerprint density at radius 2 is 2.18 bits per heavy atom. The summed E-state index contributed by atoms with van der Waals surface area (Å²) in [7, 11) is 0. The first kappa shape index (κ1) is 14.5. The number of carbonyl (C=O) groups excluding carboxylic acids is 2. The number of hydrogen-bond donors (Lipinski definition) is 1. The number of rotatable bonds is 4. The third kappa shape index (κ3) is 3.47. The lowest BCUT2D eigenvalue weighted by Gasteiger charge is -2.39. The highest BCUT2D eigenvalue weighted by atomic mass is 79.9. The standard InChI is InChI=1S/C11H16BrF2NO2/c1-7-3-2-4-11(5-7,8(16)6-12)15-10(17)9(13)14/h7,9H,2-6H2,1H3,(H,15,17). The Bertz CT molecular complexity index is 312. The number of hydrogen-bond acceptors (Lipinski definition) is 2. The molecule has 0 radical (unpaired) electrons. The minimum Gasteiger partial charge on any atom is -0.339 e. The molecule has 0 aromatic rings. The van der Waals surface area contributed by atoms with E-state index in [-0.39, 0.29) is 17.0 Å². The van der Waals surface area contributed by atoms with Crippen molar-refractivity contribution in [3.05, 3.63) is 0 Å². The molecule has 1 aliphatic carbocycles. The highest BCUT2D eigenvalue weighted by Crippen LogP contribution is 2.33. The van der Waals surface area contributed by atoms with Gasteiger partial charge < -0.3 is 5.32 Å². The Hall–Kier alpha value is -0.520. The van der Waals surface area contributed by atoms with Crippen molar-refractivity contribution in [1.29, 1.82) is 0 Å². The monoisotopic (exact) mass is 311 g/mol. The van der Waals surface area contributed by atoms with Crippen molar-refractivity contribution in [1.82, 2.24) is 5.32 Å². The Kier molecular flexibility index (Phi) is 5.04. The van der Waals surface area contributed by atoms with Gasteiger partial charge in [0.15, 0.2) is 5.78 Å². The zero-order chi connectivity index (χ0) is 13.1. The largest absolute Gasteiger partial charge is 0.339 e. The molecule has 0 spiro atoms. The molecular weight excluding hydrogens is 296 g/mol. The molecule has 0 aromatic heterocycles. The van der Waals surface area contributed by atoms with Crippen LogP contribution in [0.1, 0.15) is 32.6 Å². The molecule has 1 amide bonds. The van der Waals surface area contributed by atoms with Crippen molar-refractivity contribution >= 4 is 27.6 Å². The first-order valence-corrected chi connectivity index (χ1v) is 6.73. The molecular formula is C11H16BrF2NO2. The first-order chi connectivity index (χ1) is 7.91. The van der Waals surface area contributed by atoms with Crippen LogP contribution in [-0.4, -0.2) is 29.0 Å². The van der Waals surface area contributed by atoms with Crippen molar-refractivity contribution in [2.75, 3.05) is 5.33 Å². The number of ketones is 1. The van der Waals surface area contributed by atoms with E-state index in [1.807, 2.05) is 6.92 Å². The lowest BCUT2D eigenvalue weighted by molar-refractivity contribution is -0.139. The SMILES string of the molecule is CC1CCCC(NC(=O)C(F)F)(C(=O)CBr)C1. The van der Waals surface area contributed by atoms with E-state index in [1.54, 1.807) is 0 Å². The van der Waals surface area contributed by atoms with E-state index in [1.165, 1.54) is 0 Å². The summed E-state index contributed by atoms with van der Waals surface area (Å²) < 4.78 is 24.6. The molecule has 2 atom stereocenters. The fraction of sp³-hybridized carbons (Fsp3) is 0.818. The summed E-state index contributed by atoms with van der Waals surface area (Å²) in [5, 5.41) is 2.32. The van der Waals surface area contributed by atoms with Gasteiger partial charge in [-0.3, -0.25) is 9.59 Å². The van der Waals surface area contributed by atoms with Gasteiger partial charge in [-0.15, -0.1) is 0 Å². The van der Waals surface area contributed by atoms with E-state index in [0.29, 0.717) is 12.8 Å². The van der Waals surface area contributed by atoms with E-state index in [2.05, 4.69) is 21.2 Å². The van der Waals surface area contributed by atoms with E-state index in [4.69, 9.17) is 0 Å². The number of nitrogens with one attached hydrogen (secondary N) is 1. The molecule has 98 valence electrons. The summed E-state index contributed by atoms with van der Waals surface area (Å²) >= 11 is 3.04. The van der Waals surface area contributed by atoms with E-state index in [0.717, 1.165) is 12.8 Å². The van der Waals surface area contributed by atoms with Crippen LogP contribution < -0.4 is 5.32 Å². The van der Waals surface area contributed by atoms with Gasteiger partial charge in [0.25, 0.3) is 5.91 Å². The molecule has 0 heterocycles. The molecule has 0 aromatic carbocycles.